The van der Waals surface area contributed by atoms with E-state index in [0.717, 1.165) is 22.5 Å². The van der Waals surface area contributed by atoms with Gasteiger partial charge in [-0.05, 0) is 32.0 Å². The summed E-state index contributed by atoms with van der Waals surface area (Å²) in [6.07, 6.45) is 0. The summed E-state index contributed by atoms with van der Waals surface area (Å²) in [6.45, 7) is 3.08. The molecule has 1 aromatic carbocycles. The van der Waals surface area contributed by atoms with Gasteiger partial charge in [0.1, 0.15) is 5.82 Å². The average molecular weight is 296 g/mol. The molecule has 0 spiro atoms. The van der Waals surface area contributed by atoms with Gasteiger partial charge < -0.3 is 5.11 Å². The second-order valence-electron chi connectivity index (χ2n) is 4.01. The van der Waals surface area contributed by atoms with Crippen molar-refractivity contribution in [1.82, 2.24) is 4.31 Å². The molecule has 0 aliphatic rings. The van der Waals surface area contributed by atoms with Crippen molar-refractivity contribution >= 4 is 21.6 Å². The molecular weight excluding hydrogens is 281 g/mol. The summed E-state index contributed by atoms with van der Waals surface area (Å²) < 4.78 is 38.7. The van der Waals surface area contributed by atoms with Gasteiger partial charge in [-0.3, -0.25) is 0 Å². The van der Waals surface area contributed by atoms with Crippen molar-refractivity contribution in [2.45, 2.75) is 24.8 Å². The van der Waals surface area contributed by atoms with Crippen molar-refractivity contribution in [3.8, 4) is 0 Å². The highest BCUT2D eigenvalue weighted by molar-refractivity contribution is 7.89. The van der Waals surface area contributed by atoms with E-state index >= 15 is 0 Å². The summed E-state index contributed by atoms with van der Waals surface area (Å²) in [5, 5.41) is 8.66. The van der Waals surface area contributed by atoms with Crippen molar-refractivity contribution in [3.63, 3.8) is 0 Å². The monoisotopic (exact) mass is 295 g/mol. The normalized spacial score (nSPS) is 12.4. The zero-order chi connectivity index (χ0) is 13.9. The Labute approximate surface area is 111 Å². The van der Waals surface area contributed by atoms with Gasteiger partial charge in [0, 0.05) is 12.6 Å². The van der Waals surface area contributed by atoms with Crippen LogP contribution in [0.4, 0.5) is 4.39 Å². The van der Waals surface area contributed by atoms with Gasteiger partial charge in [0.25, 0.3) is 0 Å². The van der Waals surface area contributed by atoms with Crippen LogP contribution >= 0.6 is 11.6 Å². The summed E-state index contributed by atoms with van der Waals surface area (Å²) in [7, 11) is -3.78. The van der Waals surface area contributed by atoms with Gasteiger partial charge in [0.05, 0.1) is 16.5 Å². The molecule has 0 heterocycles. The van der Waals surface area contributed by atoms with Gasteiger partial charge >= 0.3 is 0 Å². The van der Waals surface area contributed by atoms with Crippen LogP contribution in [0.5, 0.6) is 0 Å². The van der Waals surface area contributed by atoms with Crippen molar-refractivity contribution in [2.75, 3.05) is 13.2 Å². The van der Waals surface area contributed by atoms with E-state index in [1.165, 1.54) is 0 Å². The molecule has 0 atom stereocenters. The number of nitrogens with zero attached hydrogens (tertiary/aromatic N) is 1. The minimum absolute atomic E-state index is 0.0189. The third-order valence-electron chi connectivity index (χ3n) is 2.39. The molecule has 0 fully saturated rings. The molecule has 4 nitrogen and oxygen atoms in total. The second kappa shape index (κ2) is 5.97. The molecule has 0 aromatic heterocycles. The molecule has 1 N–H and O–H groups in total. The largest absolute Gasteiger partial charge is 0.395 e. The Morgan fingerprint density at radius 1 is 1.44 bits per heavy atom. The van der Waals surface area contributed by atoms with Gasteiger partial charge in [0.2, 0.25) is 10.0 Å². The maximum absolute atomic E-state index is 13.0. The van der Waals surface area contributed by atoms with Crippen molar-refractivity contribution in [1.29, 1.82) is 0 Å². The molecule has 0 aliphatic carbocycles. The number of sulfonamides is 1. The van der Waals surface area contributed by atoms with Crippen LogP contribution in [0.15, 0.2) is 23.1 Å². The van der Waals surface area contributed by atoms with Gasteiger partial charge in [0.15, 0.2) is 0 Å². The molecule has 1 rings (SSSR count). The Kier molecular flexibility index (Phi) is 5.10. The minimum atomic E-state index is -3.78. The Hall–Kier alpha value is -0.690. The van der Waals surface area contributed by atoms with Crippen LogP contribution in [0, 0.1) is 5.82 Å². The van der Waals surface area contributed by atoms with Crippen LogP contribution in [0.3, 0.4) is 0 Å². The van der Waals surface area contributed by atoms with Crippen LogP contribution in [-0.2, 0) is 10.0 Å². The van der Waals surface area contributed by atoms with E-state index < -0.39 is 15.8 Å². The van der Waals surface area contributed by atoms with Gasteiger partial charge in [-0.25, -0.2) is 12.8 Å². The Morgan fingerprint density at radius 3 is 2.50 bits per heavy atom. The fraction of sp³-hybridized carbons (Fsp3) is 0.455. The maximum Gasteiger partial charge on any atom is 0.243 e. The van der Waals surface area contributed by atoms with Gasteiger partial charge in [-0.1, -0.05) is 11.6 Å². The lowest BCUT2D eigenvalue weighted by Crippen LogP contribution is -2.38. The predicted octanol–water partition coefficient (Wildman–Crippen LogP) is 1.87. The molecule has 0 amide bonds. The Balaban J connectivity index is 3.22. The highest BCUT2D eigenvalue weighted by atomic mass is 35.5. The SMILES string of the molecule is CC(C)N(CCO)S(=O)(=O)c1ccc(F)c(Cl)c1. The van der Waals surface area contributed by atoms with Crippen molar-refractivity contribution in [2.24, 2.45) is 0 Å². The summed E-state index contributed by atoms with van der Waals surface area (Å²) in [4.78, 5) is -0.0870. The number of halogens is 2. The summed E-state index contributed by atoms with van der Waals surface area (Å²) in [5.41, 5.74) is 0. The molecular formula is C11H15ClFNO3S. The first-order valence-corrected chi connectivity index (χ1v) is 7.20. The lowest BCUT2D eigenvalue weighted by Gasteiger charge is -2.25. The molecule has 0 radical (unpaired) electrons. The Morgan fingerprint density at radius 2 is 2.06 bits per heavy atom. The maximum atomic E-state index is 13.0. The smallest absolute Gasteiger partial charge is 0.243 e. The van der Waals surface area contributed by atoms with E-state index in [9.17, 15) is 12.8 Å². The molecule has 0 saturated heterocycles. The summed E-state index contributed by atoms with van der Waals surface area (Å²) in [6, 6.07) is 2.92. The van der Waals surface area contributed by atoms with Gasteiger partial charge in [-0.2, -0.15) is 4.31 Å². The van der Waals surface area contributed by atoms with Crippen LogP contribution < -0.4 is 0 Å². The molecule has 7 heteroatoms. The van der Waals surface area contributed by atoms with Crippen LogP contribution in [0.1, 0.15) is 13.8 Å². The lowest BCUT2D eigenvalue weighted by molar-refractivity contribution is 0.236. The molecule has 102 valence electrons. The number of rotatable bonds is 5. The van der Waals surface area contributed by atoms with E-state index in [1.807, 2.05) is 0 Å². The third kappa shape index (κ3) is 3.20. The van der Waals surface area contributed by atoms with E-state index in [4.69, 9.17) is 16.7 Å². The molecule has 0 saturated carbocycles. The zero-order valence-corrected chi connectivity index (χ0v) is 11.7. The van der Waals surface area contributed by atoms with Gasteiger partial charge in [-0.15, -0.1) is 0 Å². The number of benzene rings is 1. The van der Waals surface area contributed by atoms with Crippen molar-refractivity contribution < 1.29 is 17.9 Å². The van der Waals surface area contributed by atoms with E-state index in [2.05, 4.69) is 0 Å². The third-order valence-corrected chi connectivity index (χ3v) is 4.75. The fourth-order valence-corrected chi connectivity index (χ4v) is 3.43. The number of hydrogen-bond acceptors (Lipinski definition) is 3. The van der Waals surface area contributed by atoms with Crippen LogP contribution in [0.25, 0.3) is 0 Å². The molecule has 0 bridgehead atoms. The molecule has 18 heavy (non-hydrogen) atoms. The topological polar surface area (TPSA) is 57.6 Å². The van der Waals surface area contributed by atoms with Crippen molar-refractivity contribution in [3.05, 3.63) is 29.0 Å². The average Bonchev–Trinajstić information content (AvgIpc) is 2.28. The number of aliphatic hydroxyl groups is 1. The number of aliphatic hydroxyl groups excluding tert-OH is 1. The first-order valence-electron chi connectivity index (χ1n) is 5.38. The fourth-order valence-electron chi connectivity index (χ4n) is 1.53. The molecule has 0 unspecified atom stereocenters. The predicted molar refractivity (Wildman–Crippen MR) is 67.5 cm³/mol. The standard InChI is InChI=1S/C11H15ClFNO3S/c1-8(2)14(5-6-15)18(16,17)9-3-4-11(13)10(12)7-9/h3-4,7-8,15H,5-6H2,1-2H3. The lowest BCUT2D eigenvalue weighted by atomic mass is 10.3. The summed E-state index contributed by atoms with van der Waals surface area (Å²) >= 11 is 5.57. The van der Waals surface area contributed by atoms with E-state index in [1.54, 1.807) is 13.8 Å². The Bertz CT molecular complexity index is 519. The second-order valence-corrected chi connectivity index (χ2v) is 6.31. The molecule has 1 aromatic rings. The first kappa shape index (κ1) is 15.4. The zero-order valence-electron chi connectivity index (χ0n) is 10.1. The highest BCUT2D eigenvalue weighted by Gasteiger charge is 2.27. The summed E-state index contributed by atoms with van der Waals surface area (Å²) in [5.74, 6) is -0.672. The van der Waals surface area contributed by atoms with Crippen LogP contribution in [0.2, 0.25) is 5.02 Å². The molecule has 0 aliphatic heterocycles. The number of hydrogen-bond donors (Lipinski definition) is 1. The minimum Gasteiger partial charge on any atom is -0.395 e. The van der Waals surface area contributed by atoms with Crippen LogP contribution in [-0.4, -0.2) is 37.0 Å². The quantitative estimate of drug-likeness (QED) is 0.902. The highest BCUT2D eigenvalue weighted by Crippen LogP contribution is 2.23. The first-order chi connectivity index (χ1) is 8.30. The van der Waals surface area contributed by atoms with E-state index in [0.29, 0.717) is 0 Å². The van der Waals surface area contributed by atoms with E-state index in [-0.39, 0.29) is 29.1 Å².